The van der Waals surface area contributed by atoms with Crippen molar-refractivity contribution in [1.82, 2.24) is 10.6 Å². The van der Waals surface area contributed by atoms with E-state index in [4.69, 9.17) is 0 Å². The molecule has 0 bridgehead atoms. The minimum atomic E-state index is -0.152. The van der Waals surface area contributed by atoms with Crippen molar-refractivity contribution in [2.75, 3.05) is 13.1 Å². The molecule has 2 atom stereocenters. The minimum Gasteiger partial charge on any atom is -0.393 e. The Kier molecular flexibility index (Phi) is 5.95. The van der Waals surface area contributed by atoms with Crippen molar-refractivity contribution in [1.29, 1.82) is 0 Å². The standard InChI is InChI=1S/C15H28N2O2/c18-14-7-6-13(10-14)11-17-15(19)16-9-8-12-4-2-1-3-5-12/h12-14,18H,1-11H2,(H2,16,17,19)/t13-,14-/m1/s1. The third-order valence-corrected chi connectivity index (χ3v) is 4.63. The Bertz CT molecular complexity index is 277. The van der Waals surface area contributed by atoms with E-state index in [1.54, 1.807) is 0 Å². The van der Waals surface area contributed by atoms with Gasteiger partial charge < -0.3 is 15.7 Å². The molecule has 2 aliphatic rings. The first-order valence-electron chi connectivity index (χ1n) is 7.94. The molecule has 0 aromatic rings. The van der Waals surface area contributed by atoms with Gasteiger partial charge in [0.1, 0.15) is 0 Å². The number of aliphatic hydroxyl groups is 1. The highest BCUT2D eigenvalue weighted by molar-refractivity contribution is 5.73. The number of carbonyl (C=O) groups excluding carboxylic acids is 1. The van der Waals surface area contributed by atoms with Crippen LogP contribution in [0.2, 0.25) is 0 Å². The summed E-state index contributed by atoms with van der Waals surface area (Å²) in [6.07, 6.45) is 10.5. The lowest BCUT2D eigenvalue weighted by Crippen LogP contribution is -2.38. The van der Waals surface area contributed by atoms with Crippen molar-refractivity contribution < 1.29 is 9.90 Å². The van der Waals surface area contributed by atoms with Gasteiger partial charge in [-0.1, -0.05) is 32.1 Å². The van der Waals surface area contributed by atoms with Crippen LogP contribution in [0, 0.1) is 11.8 Å². The van der Waals surface area contributed by atoms with Crippen molar-refractivity contribution in [2.45, 2.75) is 63.9 Å². The van der Waals surface area contributed by atoms with Crippen molar-refractivity contribution in [3.63, 3.8) is 0 Å². The smallest absolute Gasteiger partial charge is 0.314 e. The summed E-state index contributed by atoms with van der Waals surface area (Å²) in [5.41, 5.74) is 0. The van der Waals surface area contributed by atoms with Gasteiger partial charge in [0.05, 0.1) is 6.10 Å². The predicted octanol–water partition coefficient (Wildman–Crippen LogP) is 2.42. The van der Waals surface area contributed by atoms with E-state index >= 15 is 0 Å². The van der Waals surface area contributed by atoms with Crippen LogP contribution in [0.3, 0.4) is 0 Å². The Hall–Kier alpha value is -0.770. The molecule has 2 fully saturated rings. The number of nitrogens with one attached hydrogen (secondary N) is 2. The molecule has 0 aliphatic heterocycles. The van der Waals surface area contributed by atoms with Crippen LogP contribution in [0.15, 0.2) is 0 Å². The number of amides is 2. The molecule has 0 aromatic carbocycles. The number of rotatable bonds is 5. The maximum Gasteiger partial charge on any atom is 0.314 e. The fraction of sp³-hybridized carbons (Fsp3) is 0.933. The van der Waals surface area contributed by atoms with Crippen LogP contribution in [-0.4, -0.2) is 30.3 Å². The Balaban J connectivity index is 1.49. The van der Waals surface area contributed by atoms with Gasteiger partial charge in [-0.3, -0.25) is 0 Å². The molecular formula is C15H28N2O2. The zero-order valence-electron chi connectivity index (χ0n) is 11.9. The van der Waals surface area contributed by atoms with Crippen molar-refractivity contribution >= 4 is 6.03 Å². The molecule has 0 radical (unpaired) electrons. The van der Waals surface area contributed by atoms with E-state index in [2.05, 4.69) is 10.6 Å². The Morgan fingerprint density at radius 2 is 1.79 bits per heavy atom. The summed E-state index contributed by atoms with van der Waals surface area (Å²) in [7, 11) is 0. The summed E-state index contributed by atoms with van der Waals surface area (Å²) < 4.78 is 0. The summed E-state index contributed by atoms with van der Waals surface area (Å²) in [5.74, 6) is 1.28. The zero-order chi connectivity index (χ0) is 13.5. The lowest BCUT2D eigenvalue weighted by molar-refractivity contribution is 0.177. The largest absolute Gasteiger partial charge is 0.393 e. The van der Waals surface area contributed by atoms with E-state index in [1.807, 2.05) is 0 Å². The molecule has 3 N–H and O–H groups in total. The highest BCUT2D eigenvalue weighted by atomic mass is 16.3. The van der Waals surface area contributed by atoms with Gasteiger partial charge in [0.2, 0.25) is 0 Å². The van der Waals surface area contributed by atoms with Gasteiger partial charge in [0.25, 0.3) is 0 Å². The summed E-state index contributed by atoms with van der Waals surface area (Å²) in [4.78, 5) is 11.6. The third-order valence-electron chi connectivity index (χ3n) is 4.63. The van der Waals surface area contributed by atoms with Crippen LogP contribution in [0.25, 0.3) is 0 Å². The second-order valence-electron chi connectivity index (χ2n) is 6.26. The number of urea groups is 1. The number of hydrogen-bond acceptors (Lipinski definition) is 2. The van der Waals surface area contributed by atoms with Gasteiger partial charge in [0, 0.05) is 13.1 Å². The number of carbonyl (C=O) groups is 1. The van der Waals surface area contributed by atoms with E-state index in [1.165, 1.54) is 32.1 Å². The first kappa shape index (κ1) is 14.6. The van der Waals surface area contributed by atoms with Gasteiger partial charge >= 0.3 is 6.03 Å². The first-order chi connectivity index (χ1) is 9.24. The minimum absolute atomic E-state index is 0.0443. The van der Waals surface area contributed by atoms with Gasteiger partial charge in [0.15, 0.2) is 0 Å². The van der Waals surface area contributed by atoms with E-state index in [0.717, 1.165) is 38.1 Å². The molecule has 110 valence electrons. The van der Waals surface area contributed by atoms with Gasteiger partial charge in [-0.25, -0.2) is 4.79 Å². The molecule has 0 spiro atoms. The molecule has 4 nitrogen and oxygen atoms in total. The summed E-state index contributed by atoms with van der Waals surface area (Å²) in [6, 6.07) is -0.0443. The van der Waals surface area contributed by atoms with Crippen LogP contribution in [0.5, 0.6) is 0 Å². The maximum atomic E-state index is 11.6. The van der Waals surface area contributed by atoms with E-state index in [-0.39, 0.29) is 12.1 Å². The van der Waals surface area contributed by atoms with E-state index in [0.29, 0.717) is 12.5 Å². The van der Waals surface area contributed by atoms with Gasteiger partial charge in [-0.05, 0) is 37.5 Å². The summed E-state index contributed by atoms with van der Waals surface area (Å²) in [6.45, 7) is 1.50. The highest BCUT2D eigenvalue weighted by Gasteiger charge is 2.22. The van der Waals surface area contributed by atoms with Crippen molar-refractivity contribution in [3.05, 3.63) is 0 Å². The lowest BCUT2D eigenvalue weighted by atomic mass is 9.87. The predicted molar refractivity (Wildman–Crippen MR) is 75.9 cm³/mol. The second-order valence-corrected chi connectivity index (χ2v) is 6.26. The highest BCUT2D eigenvalue weighted by Crippen LogP contribution is 2.26. The zero-order valence-corrected chi connectivity index (χ0v) is 11.9. The molecule has 0 saturated heterocycles. The molecule has 4 heteroatoms. The molecule has 2 amide bonds. The van der Waals surface area contributed by atoms with Gasteiger partial charge in [-0.15, -0.1) is 0 Å². The molecule has 2 rings (SSSR count). The Morgan fingerprint density at radius 3 is 2.47 bits per heavy atom. The third kappa shape index (κ3) is 5.39. The summed E-state index contributed by atoms with van der Waals surface area (Å²) in [5, 5.41) is 15.3. The molecule has 2 saturated carbocycles. The molecule has 2 aliphatic carbocycles. The molecule has 0 unspecified atom stereocenters. The molecule has 19 heavy (non-hydrogen) atoms. The first-order valence-corrected chi connectivity index (χ1v) is 7.94. The fourth-order valence-corrected chi connectivity index (χ4v) is 3.40. The van der Waals surface area contributed by atoms with E-state index in [9.17, 15) is 9.90 Å². The Labute approximate surface area is 116 Å². The number of hydrogen-bond donors (Lipinski definition) is 3. The monoisotopic (exact) mass is 268 g/mol. The van der Waals surface area contributed by atoms with Crippen LogP contribution in [0.1, 0.15) is 57.8 Å². The number of aliphatic hydroxyl groups excluding tert-OH is 1. The SMILES string of the molecule is O=C(NCCC1CCCCC1)NC[C@@H]1CC[C@@H](O)C1. The lowest BCUT2D eigenvalue weighted by Gasteiger charge is -2.21. The van der Waals surface area contributed by atoms with E-state index < -0.39 is 0 Å². The van der Waals surface area contributed by atoms with Crippen LogP contribution >= 0.6 is 0 Å². The Morgan fingerprint density at radius 1 is 1.00 bits per heavy atom. The molecule has 0 heterocycles. The fourth-order valence-electron chi connectivity index (χ4n) is 3.40. The van der Waals surface area contributed by atoms with Crippen molar-refractivity contribution in [2.24, 2.45) is 11.8 Å². The average molecular weight is 268 g/mol. The molecular weight excluding hydrogens is 240 g/mol. The second kappa shape index (κ2) is 7.73. The van der Waals surface area contributed by atoms with Gasteiger partial charge in [-0.2, -0.15) is 0 Å². The quantitative estimate of drug-likeness (QED) is 0.717. The van der Waals surface area contributed by atoms with Crippen LogP contribution in [0.4, 0.5) is 4.79 Å². The molecule has 0 aromatic heterocycles. The summed E-state index contributed by atoms with van der Waals surface area (Å²) >= 11 is 0. The topological polar surface area (TPSA) is 61.4 Å². The van der Waals surface area contributed by atoms with Crippen LogP contribution in [-0.2, 0) is 0 Å². The van der Waals surface area contributed by atoms with Crippen molar-refractivity contribution in [3.8, 4) is 0 Å². The van der Waals surface area contributed by atoms with Crippen LogP contribution < -0.4 is 10.6 Å². The maximum absolute atomic E-state index is 11.6. The normalized spacial score (nSPS) is 28.3. The average Bonchev–Trinajstić information content (AvgIpc) is 2.83.